The van der Waals surface area contributed by atoms with Gasteiger partial charge in [0, 0.05) is 19.6 Å². The van der Waals surface area contributed by atoms with E-state index in [4.69, 9.17) is 5.11 Å². The molecule has 6 heteroatoms. The first-order valence-electron chi connectivity index (χ1n) is 7.79. The standard InChI is InChI=1S/C17H24N4O2/c1-4-20(11-13(2)3)16(23)12-21-15-8-6-5-7-14(15)19-17(21)18-9-10-22/h5-8,22H,2,4,9-12H2,1,3H3,(H,18,19). The van der Waals surface area contributed by atoms with Crippen molar-refractivity contribution in [2.45, 2.75) is 20.4 Å². The van der Waals surface area contributed by atoms with E-state index in [2.05, 4.69) is 16.9 Å². The first kappa shape index (κ1) is 17.0. The molecule has 0 bridgehead atoms. The van der Waals surface area contributed by atoms with E-state index in [9.17, 15) is 4.79 Å². The van der Waals surface area contributed by atoms with E-state index in [0.29, 0.717) is 25.6 Å². The van der Waals surface area contributed by atoms with Gasteiger partial charge in [0.1, 0.15) is 6.54 Å². The third kappa shape index (κ3) is 4.10. The van der Waals surface area contributed by atoms with Crippen molar-refractivity contribution in [3.63, 3.8) is 0 Å². The Morgan fingerprint density at radius 1 is 1.43 bits per heavy atom. The Bertz CT molecular complexity index is 693. The van der Waals surface area contributed by atoms with E-state index in [0.717, 1.165) is 16.6 Å². The maximum absolute atomic E-state index is 12.6. The van der Waals surface area contributed by atoms with Gasteiger partial charge in [0.05, 0.1) is 17.6 Å². The summed E-state index contributed by atoms with van der Waals surface area (Å²) in [4.78, 5) is 18.9. The summed E-state index contributed by atoms with van der Waals surface area (Å²) in [6.45, 7) is 9.54. The lowest BCUT2D eigenvalue weighted by Gasteiger charge is -2.22. The number of anilines is 1. The van der Waals surface area contributed by atoms with Crippen molar-refractivity contribution in [3.8, 4) is 0 Å². The number of aliphatic hydroxyl groups is 1. The molecule has 1 amide bonds. The minimum atomic E-state index is 0.00783. The van der Waals surface area contributed by atoms with Gasteiger partial charge >= 0.3 is 0 Å². The number of para-hydroxylation sites is 2. The number of carbonyl (C=O) groups is 1. The molecule has 23 heavy (non-hydrogen) atoms. The minimum absolute atomic E-state index is 0.00783. The van der Waals surface area contributed by atoms with Gasteiger partial charge in [-0.1, -0.05) is 24.3 Å². The Labute approximate surface area is 136 Å². The number of aromatic nitrogens is 2. The summed E-state index contributed by atoms with van der Waals surface area (Å²) in [7, 11) is 0. The molecule has 1 aromatic carbocycles. The van der Waals surface area contributed by atoms with Crippen LogP contribution in [-0.2, 0) is 11.3 Å². The molecule has 0 aliphatic heterocycles. The van der Waals surface area contributed by atoms with E-state index < -0.39 is 0 Å². The third-order valence-electron chi connectivity index (χ3n) is 3.54. The molecule has 0 atom stereocenters. The maximum Gasteiger partial charge on any atom is 0.242 e. The van der Waals surface area contributed by atoms with Gasteiger partial charge in [-0.3, -0.25) is 4.79 Å². The molecular weight excluding hydrogens is 292 g/mol. The van der Waals surface area contributed by atoms with E-state index in [1.165, 1.54) is 0 Å². The highest BCUT2D eigenvalue weighted by atomic mass is 16.3. The quantitative estimate of drug-likeness (QED) is 0.729. The first-order valence-corrected chi connectivity index (χ1v) is 7.79. The lowest BCUT2D eigenvalue weighted by molar-refractivity contribution is -0.131. The van der Waals surface area contributed by atoms with Crippen molar-refractivity contribution in [2.75, 3.05) is 31.6 Å². The van der Waals surface area contributed by atoms with Crippen molar-refractivity contribution < 1.29 is 9.90 Å². The molecule has 2 N–H and O–H groups in total. The molecule has 0 aliphatic rings. The predicted molar refractivity (Wildman–Crippen MR) is 92.4 cm³/mol. The van der Waals surface area contributed by atoms with Gasteiger partial charge in [0.2, 0.25) is 11.9 Å². The molecular formula is C17H24N4O2. The van der Waals surface area contributed by atoms with Crippen LogP contribution in [-0.4, -0.2) is 51.7 Å². The summed E-state index contributed by atoms with van der Waals surface area (Å²) in [5.41, 5.74) is 2.67. The molecule has 0 radical (unpaired) electrons. The summed E-state index contributed by atoms with van der Waals surface area (Å²) >= 11 is 0. The van der Waals surface area contributed by atoms with Crippen LogP contribution in [0.3, 0.4) is 0 Å². The molecule has 0 spiro atoms. The highest BCUT2D eigenvalue weighted by Crippen LogP contribution is 2.19. The average molecular weight is 316 g/mol. The van der Waals surface area contributed by atoms with Crippen LogP contribution in [0.15, 0.2) is 36.4 Å². The normalized spacial score (nSPS) is 10.7. The highest BCUT2D eigenvalue weighted by molar-refractivity contribution is 5.83. The van der Waals surface area contributed by atoms with E-state index in [-0.39, 0.29) is 19.1 Å². The third-order valence-corrected chi connectivity index (χ3v) is 3.54. The SMILES string of the molecule is C=C(C)CN(CC)C(=O)Cn1c(NCCO)nc2ccccc21. The van der Waals surface area contributed by atoms with Crippen LogP contribution in [0.2, 0.25) is 0 Å². The van der Waals surface area contributed by atoms with Crippen LogP contribution >= 0.6 is 0 Å². The molecule has 124 valence electrons. The Hall–Kier alpha value is -2.34. The molecule has 0 unspecified atom stereocenters. The minimum Gasteiger partial charge on any atom is -0.395 e. The van der Waals surface area contributed by atoms with Crippen molar-refractivity contribution in [3.05, 3.63) is 36.4 Å². The summed E-state index contributed by atoms with van der Waals surface area (Å²) < 4.78 is 1.86. The number of hydrogen-bond acceptors (Lipinski definition) is 4. The molecule has 0 saturated heterocycles. The molecule has 1 aromatic heterocycles. The van der Waals surface area contributed by atoms with Gasteiger partial charge in [0.15, 0.2) is 0 Å². The molecule has 0 fully saturated rings. The van der Waals surface area contributed by atoms with Gasteiger partial charge in [-0.25, -0.2) is 4.98 Å². The maximum atomic E-state index is 12.6. The monoisotopic (exact) mass is 316 g/mol. The fourth-order valence-corrected chi connectivity index (χ4v) is 2.48. The Kier molecular flexibility index (Phi) is 5.76. The van der Waals surface area contributed by atoms with Crippen LogP contribution in [0.1, 0.15) is 13.8 Å². The molecule has 2 aromatic rings. The number of rotatable bonds is 8. The number of fused-ring (bicyclic) bond motifs is 1. The number of aliphatic hydroxyl groups excluding tert-OH is 1. The smallest absolute Gasteiger partial charge is 0.242 e. The van der Waals surface area contributed by atoms with Gasteiger partial charge < -0.3 is 19.9 Å². The Balaban J connectivity index is 2.29. The van der Waals surface area contributed by atoms with E-state index in [1.807, 2.05) is 42.7 Å². The summed E-state index contributed by atoms with van der Waals surface area (Å²) in [6.07, 6.45) is 0. The fraction of sp³-hybridized carbons (Fsp3) is 0.412. The summed E-state index contributed by atoms with van der Waals surface area (Å²) in [6, 6.07) is 7.68. The van der Waals surface area contributed by atoms with Gasteiger partial charge in [-0.05, 0) is 26.0 Å². The fourth-order valence-electron chi connectivity index (χ4n) is 2.48. The van der Waals surface area contributed by atoms with Crippen molar-refractivity contribution in [1.29, 1.82) is 0 Å². The lowest BCUT2D eigenvalue weighted by atomic mass is 10.3. The van der Waals surface area contributed by atoms with Crippen LogP contribution in [0, 0.1) is 0 Å². The lowest BCUT2D eigenvalue weighted by Crippen LogP contribution is -2.35. The predicted octanol–water partition coefficient (Wildman–Crippen LogP) is 1.87. The number of imidazole rings is 1. The number of benzene rings is 1. The average Bonchev–Trinajstić information content (AvgIpc) is 2.88. The van der Waals surface area contributed by atoms with Gasteiger partial charge in [-0.2, -0.15) is 0 Å². The molecule has 2 rings (SSSR count). The Morgan fingerprint density at radius 3 is 2.83 bits per heavy atom. The topological polar surface area (TPSA) is 70.4 Å². The number of nitrogens with zero attached hydrogens (tertiary/aromatic N) is 3. The van der Waals surface area contributed by atoms with E-state index in [1.54, 1.807) is 4.90 Å². The number of hydrogen-bond donors (Lipinski definition) is 2. The first-order chi connectivity index (χ1) is 11.1. The number of likely N-dealkylation sites (N-methyl/N-ethyl adjacent to an activating group) is 1. The number of carbonyl (C=O) groups excluding carboxylic acids is 1. The number of nitrogens with one attached hydrogen (secondary N) is 1. The number of amides is 1. The van der Waals surface area contributed by atoms with Crippen molar-refractivity contribution >= 4 is 22.9 Å². The van der Waals surface area contributed by atoms with Crippen LogP contribution in [0.5, 0.6) is 0 Å². The Morgan fingerprint density at radius 2 is 2.17 bits per heavy atom. The molecule has 6 nitrogen and oxygen atoms in total. The van der Waals surface area contributed by atoms with Gasteiger partial charge in [-0.15, -0.1) is 0 Å². The highest BCUT2D eigenvalue weighted by Gasteiger charge is 2.17. The summed E-state index contributed by atoms with van der Waals surface area (Å²) in [5, 5.41) is 12.1. The molecule has 0 aliphatic carbocycles. The van der Waals surface area contributed by atoms with Crippen LogP contribution < -0.4 is 5.32 Å². The zero-order chi connectivity index (χ0) is 16.8. The van der Waals surface area contributed by atoms with Crippen LogP contribution in [0.4, 0.5) is 5.95 Å². The van der Waals surface area contributed by atoms with Crippen LogP contribution in [0.25, 0.3) is 11.0 Å². The summed E-state index contributed by atoms with van der Waals surface area (Å²) in [5.74, 6) is 0.616. The van der Waals surface area contributed by atoms with E-state index >= 15 is 0 Å². The zero-order valence-electron chi connectivity index (χ0n) is 13.7. The molecule has 0 saturated carbocycles. The second-order valence-corrected chi connectivity index (χ2v) is 5.53. The zero-order valence-corrected chi connectivity index (χ0v) is 13.7. The second kappa shape index (κ2) is 7.78. The largest absolute Gasteiger partial charge is 0.395 e. The van der Waals surface area contributed by atoms with Gasteiger partial charge in [0.25, 0.3) is 0 Å². The van der Waals surface area contributed by atoms with Crippen molar-refractivity contribution in [2.24, 2.45) is 0 Å². The van der Waals surface area contributed by atoms with Crippen molar-refractivity contribution in [1.82, 2.24) is 14.5 Å². The molecule has 1 heterocycles. The second-order valence-electron chi connectivity index (χ2n) is 5.53.